The van der Waals surface area contributed by atoms with E-state index in [-0.39, 0.29) is 18.4 Å². The van der Waals surface area contributed by atoms with Gasteiger partial charge >= 0.3 is 0 Å². The van der Waals surface area contributed by atoms with Crippen molar-refractivity contribution in [1.82, 2.24) is 5.32 Å². The molecule has 9 heteroatoms. The van der Waals surface area contributed by atoms with Crippen LogP contribution in [0.25, 0.3) is 6.08 Å². The number of thioether (sulfide) groups is 1. The van der Waals surface area contributed by atoms with Crippen LogP contribution in [0, 0.1) is 6.92 Å². The van der Waals surface area contributed by atoms with E-state index in [1.165, 1.54) is 11.8 Å². The smallest absolute Gasteiger partial charge is 0.263 e. The van der Waals surface area contributed by atoms with E-state index in [2.05, 4.69) is 42.5 Å². The van der Waals surface area contributed by atoms with E-state index in [1.807, 2.05) is 31.2 Å². The molecule has 2 aromatic carbocycles. The number of thiocarbonyl (C=S) groups is 1. The molecule has 0 spiro atoms. The van der Waals surface area contributed by atoms with Crippen LogP contribution in [-0.4, -0.2) is 22.7 Å². The molecule has 0 aromatic heterocycles. The summed E-state index contributed by atoms with van der Waals surface area (Å²) in [6.45, 7) is 1.82. The zero-order valence-electron chi connectivity index (χ0n) is 14.5. The minimum Gasteiger partial charge on any atom is -0.481 e. The van der Waals surface area contributed by atoms with Gasteiger partial charge in [-0.15, -0.1) is 0 Å². The first-order valence-corrected chi connectivity index (χ1v) is 10.9. The van der Waals surface area contributed by atoms with Crippen LogP contribution in [0.15, 0.2) is 50.2 Å². The van der Waals surface area contributed by atoms with Crippen LogP contribution >= 0.6 is 55.8 Å². The quantitative estimate of drug-likeness (QED) is 0.410. The Hall–Kier alpha value is -1.68. The number of benzene rings is 2. The number of aryl methyl sites for hydroxylation is 1. The number of hydrogen-bond donors (Lipinski definition) is 2. The summed E-state index contributed by atoms with van der Waals surface area (Å²) in [5.74, 6) is 0.0270. The van der Waals surface area contributed by atoms with Gasteiger partial charge in [0.15, 0.2) is 6.61 Å². The van der Waals surface area contributed by atoms with Crippen LogP contribution in [0.1, 0.15) is 11.1 Å². The number of nitrogens with one attached hydrogen (secondary N) is 2. The van der Waals surface area contributed by atoms with Crippen LogP contribution in [0.4, 0.5) is 5.69 Å². The van der Waals surface area contributed by atoms with Gasteiger partial charge in [-0.2, -0.15) is 0 Å². The Kier molecular flexibility index (Phi) is 6.92. The number of ether oxygens (including phenoxy) is 1. The monoisotopic (exact) mass is 540 g/mol. The topological polar surface area (TPSA) is 67.4 Å². The fourth-order valence-electron chi connectivity index (χ4n) is 2.43. The molecule has 1 saturated heterocycles. The van der Waals surface area contributed by atoms with Gasteiger partial charge in [-0.05, 0) is 80.3 Å². The fourth-order valence-corrected chi connectivity index (χ4v) is 4.93. The molecule has 144 valence electrons. The first kappa shape index (κ1) is 21.0. The number of carbonyl (C=O) groups excluding carboxylic acids is 2. The van der Waals surface area contributed by atoms with Crippen molar-refractivity contribution in [2.45, 2.75) is 6.92 Å². The number of hydrogen-bond acceptors (Lipinski definition) is 5. The lowest BCUT2D eigenvalue weighted by molar-refractivity contribution is -0.118. The van der Waals surface area contributed by atoms with Gasteiger partial charge in [-0.1, -0.05) is 36.1 Å². The van der Waals surface area contributed by atoms with Crippen LogP contribution < -0.4 is 15.4 Å². The molecule has 0 aliphatic carbocycles. The van der Waals surface area contributed by atoms with Crippen molar-refractivity contribution < 1.29 is 14.3 Å². The summed E-state index contributed by atoms with van der Waals surface area (Å²) in [6.07, 6.45) is 1.74. The summed E-state index contributed by atoms with van der Waals surface area (Å²) >= 11 is 13.1. The number of amides is 2. The Morgan fingerprint density at radius 1 is 1.29 bits per heavy atom. The molecule has 3 rings (SSSR count). The van der Waals surface area contributed by atoms with E-state index < -0.39 is 0 Å². The van der Waals surface area contributed by atoms with E-state index in [0.717, 1.165) is 16.8 Å². The van der Waals surface area contributed by atoms with Crippen molar-refractivity contribution in [3.05, 3.63) is 61.4 Å². The molecule has 1 aliphatic heterocycles. The number of anilines is 1. The third kappa shape index (κ3) is 5.44. The van der Waals surface area contributed by atoms with Gasteiger partial charge < -0.3 is 15.4 Å². The van der Waals surface area contributed by atoms with E-state index in [0.29, 0.717) is 23.9 Å². The summed E-state index contributed by atoms with van der Waals surface area (Å²) in [5, 5.41) is 5.38. The molecular weight excluding hydrogens is 528 g/mol. The Labute approximate surface area is 188 Å². The van der Waals surface area contributed by atoms with E-state index >= 15 is 0 Å². The second kappa shape index (κ2) is 9.21. The molecule has 0 bridgehead atoms. The second-order valence-corrected chi connectivity index (χ2v) is 9.30. The first-order valence-electron chi connectivity index (χ1n) is 8.05. The van der Waals surface area contributed by atoms with Gasteiger partial charge in [0.1, 0.15) is 10.1 Å². The molecule has 1 heterocycles. The van der Waals surface area contributed by atoms with Gasteiger partial charge in [0.2, 0.25) is 0 Å². The minimum atomic E-state index is -0.261. The average Bonchev–Trinajstić information content (AvgIpc) is 2.91. The molecular formula is C19H14Br2N2O3S2. The SMILES string of the molecule is Cc1cccc(NC(=O)COc2c(Br)cc(/C=C3\SC(=S)NC3=O)cc2Br)c1. The molecule has 28 heavy (non-hydrogen) atoms. The highest BCUT2D eigenvalue weighted by molar-refractivity contribution is 9.11. The van der Waals surface area contributed by atoms with E-state index in [1.54, 1.807) is 18.2 Å². The molecule has 0 saturated carbocycles. The van der Waals surface area contributed by atoms with Gasteiger partial charge in [-0.25, -0.2) is 0 Å². The molecule has 1 aliphatic rings. The first-order chi connectivity index (χ1) is 13.3. The highest BCUT2D eigenvalue weighted by Crippen LogP contribution is 2.36. The van der Waals surface area contributed by atoms with Crippen molar-refractivity contribution in [1.29, 1.82) is 0 Å². The summed E-state index contributed by atoms with van der Waals surface area (Å²) < 4.78 is 7.41. The van der Waals surface area contributed by atoms with Crippen molar-refractivity contribution in [3.8, 4) is 5.75 Å². The Bertz CT molecular complexity index is 985. The van der Waals surface area contributed by atoms with E-state index in [9.17, 15) is 9.59 Å². The summed E-state index contributed by atoms with van der Waals surface area (Å²) in [4.78, 5) is 24.5. The third-order valence-corrected chi connectivity index (χ3v) is 5.95. The normalized spacial score (nSPS) is 14.9. The average molecular weight is 542 g/mol. The Morgan fingerprint density at radius 3 is 2.61 bits per heavy atom. The van der Waals surface area contributed by atoms with Gasteiger partial charge in [0.25, 0.3) is 11.8 Å². The lowest BCUT2D eigenvalue weighted by atomic mass is 10.2. The lowest BCUT2D eigenvalue weighted by Crippen LogP contribution is -2.20. The van der Waals surface area contributed by atoms with Crippen molar-refractivity contribution in [3.63, 3.8) is 0 Å². The Morgan fingerprint density at radius 2 is 2.00 bits per heavy atom. The zero-order valence-corrected chi connectivity index (χ0v) is 19.4. The van der Waals surface area contributed by atoms with Crippen molar-refractivity contribution >= 4 is 83.7 Å². The molecule has 0 atom stereocenters. The van der Waals surface area contributed by atoms with Crippen LogP contribution in [-0.2, 0) is 9.59 Å². The highest BCUT2D eigenvalue weighted by atomic mass is 79.9. The number of carbonyl (C=O) groups is 2. The minimum absolute atomic E-state index is 0.141. The lowest BCUT2D eigenvalue weighted by Gasteiger charge is -2.12. The summed E-state index contributed by atoms with van der Waals surface area (Å²) in [6, 6.07) is 11.2. The number of halogens is 2. The van der Waals surface area contributed by atoms with Crippen LogP contribution in [0.5, 0.6) is 5.75 Å². The molecule has 5 nitrogen and oxygen atoms in total. The van der Waals surface area contributed by atoms with Gasteiger partial charge in [0.05, 0.1) is 13.9 Å². The van der Waals surface area contributed by atoms with Crippen LogP contribution in [0.2, 0.25) is 0 Å². The zero-order chi connectivity index (χ0) is 20.3. The largest absolute Gasteiger partial charge is 0.481 e. The molecule has 2 aromatic rings. The summed E-state index contributed by atoms with van der Waals surface area (Å²) in [7, 11) is 0. The highest BCUT2D eigenvalue weighted by Gasteiger charge is 2.22. The molecule has 2 N–H and O–H groups in total. The maximum absolute atomic E-state index is 12.1. The molecule has 0 unspecified atom stereocenters. The molecule has 1 fully saturated rings. The third-order valence-electron chi connectivity index (χ3n) is 3.61. The second-order valence-electron chi connectivity index (χ2n) is 5.87. The standard InChI is InChI=1S/C19H14Br2N2O3S2/c1-10-3-2-4-12(5-10)22-16(24)9-26-17-13(20)6-11(7-14(17)21)8-15-18(25)23-19(27)28-15/h2-8H,9H2,1H3,(H,22,24)(H,23,25,27)/b15-8-. The van der Waals surface area contributed by atoms with Crippen molar-refractivity contribution in [2.24, 2.45) is 0 Å². The van der Waals surface area contributed by atoms with Crippen molar-refractivity contribution in [2.75, 3.05) is 11.9 Å². The maximum Gasteiger partial charge on any atom is 0.263 e. The van der Waals surface area contributed by atoms with Gasteiger partial charge in [-0.3, -0.25) is 9.59 Å². The summed E-state index contributed by atoms with van der Waals surface area (Å²) in [5.41, 5.74) is 2.57. The predicted octanol–water partition coefficient (Wildman–Crippen LogP) is 5.03. The molecule has 2 amide bonds. The predicted molar refractivity (Wildman–Crippen MR) is 123 cm³/mol. The van der Waals surface area contributed by atoms with E-state index in [4.69, 9.17) is 17.0 Å². The van der Waals surface area contributed by atoms with Gasteiger partial charge in [0, 0.05) is 5.69 Å². The van der Waals surface area contributed by atoms with Crippen LogP contribution in [0.3, 0.4) is 0 Å². The molecule has 0 radical (unpaired) electrons. The fraction of sp³-hybridized carbons (Fsp3) is 0.105. The number of rotatable bonds is 5. The maximum atomic E-state index is 12.1. The Balaban J connectivity index is 1.68.